The average Bonchev–Trinajstić information content (AvgIpc) is 2.92. The number of ether oxygens (including phenoxy) is 1. The molecule has 2 heterocycles. The molecule has 2 aromatic rings. The van der Waals surface area contributed by atoms with Gasteiger partial charge in [-0.2, -0.15) is 0 Å². The summed E-state index contributed by atoms with van der Waals surface area (Å²) in [5.41, 5.74) is 0.471. The Kier molecular flexibility index (Phi) is 4.07. The summed E-state index contributed by atoms with van der Waals surface area (Å²) < 4.78 is 11.1. The van der Waals surface area contributed by atoms with Crippen LogP contribution in [0.15, 0.2) is 33.9 Å². The van der Waals surface area contributed by atoms with Crippen LogP contribution in [0.25, 0.3) is 5.69 Å². The van der Waals surface area contributed by atoms with Gasteiger partial charge in [0.1, 0.15) is 11.8 Å². The zero-order valence-corrected chi connectivity index (χ0v) is 12.0. The molecule has 2 rings (SSSR count). The number of ketones is 1. The number of nitrogens with zero attached hydrogens (tertiary/aromatic N) is 1. The third-order valence-corrected chi connectivity index (χ3v) is 3.09. The third kappa shape index (κ3) is 2.65. The lowest BCUT2D eigenvalue weighted by molar-refractivity contribution is 0.0524. The van der Waals surface area contributed by atoms with Gasteiger partial charge in [-0.25, -0.2) is 4.79 Å². The summed E-state index contributed by atoms with van der Waals surface area (Å²) >= 11 is 0. The smallest absolute Gasteiger partial charge is 0.343 e. The molecule has 0 aliphatic rings. The minimum absolute atomic E-state index is 0.146. The first-order valence-electron chi connectivity index (χ1n) is 6.44. The van der Waals surface area contributed by atoms with Gasteiger partial charge in [0.15, 0.2) is 5.78 Å². The second-order valence-corrected chi connectivity index (χ2v) is 4.46. The van der Waals surface area contributed by atoms with Crippen LogP contribution in [0.4, 0.5) is 0 Å². The molecular formula is C15H15NO5. The number of pyridine rings is 1. The molecule has 21 heavy (non-hydrogen) atoms. The lowest BCUT2D eigenvalue weighted by Gasteiger charge is -2.13. The number of aromatic nitrogens is 1. The highest BCUT2D eigenvalue weighted by molar-refractivity contribution is 5.98. The number of esters is 1. The van der Waals surface area contributed by atoms with Crippen LogP contribution < -0.4 is 5.56 Å². The Morgan fingerprint density at radius 3 is 2.57 bits per heavy atom. The lowest BCUT2D eigenvalue weighted by atomic mass is 10.1. The summed E-state index contributed by atoms with van der Waals surface area (Å²) in [7, 11) is 0. The molecule has 110 valence electrons. The predicted octanol–water partition coefficient (Wildman–Crippen LogP) is 2.12. The summed E-state index contributed by atoms with van der Waals surface area (Å²) in [6.45, 7) is 4.81. The van der Waals surface area contributed by atoms with Crippen LogP contribution in [0, 0.1) is 6.92 Å². The van der Waals surface area contributed by atoms with Crippen molar-refractivity contribution in [3.63, 3.8) is 0 Å². The van der Waals surface area contributed by atoms with Crippen LogP contribution in [-0.2, 0) is 4.74 Å². The molecule has 0 saturated carbocycles. The van der Waals surface area contributed by atoms with Gasteiger partial charge in [0.25, 0.3) is 5.56 Å². The summed E-state index contributed by atoms with van der Waals surface area (Å²) in [6, 6.07) is 2.86. The van der Waals surface area contributed by atoms with Gasteiger partial charge in [0, 0.05) is 17.3 Å². The molecule has 6 heteroatoms. The van der Waals surface area contributed by atoms with Gasteiger partial charge in [-0.05, 0) is 26.8 Å². The second-order valence-electron chi connectivity index (χ2n) is 4.46. The van der Waals surface area contributed by atoms with E-state index in [0.717, 1.165) is 0 Å². The van der Waals surface area contributed by atoms with Crippen molar-refractivity contribution in [3.05, 3.63) is 51.8 Å². The molecule has 0 aliphatic carbocycles. The minimum atomic E-state index is -0.748. The van der Waals surface area contributed by atoms with Gasteiger partial charge in [0.05, 0.1) is 18.6 Å². The number of carbonyl (C=O) groups is 2. The molecule has 2 aromatic heterocycles. The first kappa shape index (κ1) is 14.8. The summed E-state index contributed by atoms with van der Waals surface area (Å²) in [5.74, 6) is -0.988. The molecule has 0 fully saturated rings. The van der Waals surface area contributed by atoms with Gasteiger partial charge < -0.3 is 9.15 Å². The van der Waals surface area contributed by atoms with E-state index < -0.39 is 11.5 Å². The van der Waals surface area contributed by atoms with Crippen LogP contribution >= 0.6 is 0 Å². The van der Waals surface area contributed by atoms with Crippen molar-refractivity contribution in [2.75, 3.05) is 6.61 Å². The average molecular weight is 289 g/mol. The molecule has 0 spiro atoms. The summed E-state index contributed by atoms with van der Waals surface area (Å²) in [4.78, 5) is 36.1. The molecule has 0 saturated heterocycles. The van der Waals surface area contributed by atoms with Crippen LogP contribution in [0.5, 0.6) is 0 Å². The topological polar surface area (TPSA) is 78.5 Å². The van der Waals surface area contributed by atoms with E-state index in [-0.39, 0.29) is 18.0 Å². The SMILES string of the molecule is CCOC(=O)c1cc(C(C)=O)c(C)n(-c2ccoc2)c1=O. The summed E-state index contributed by atoms with van der Waals surface area (Å²) in [6.07, 6.45) is 2.78. The highest BCUT2D eigenvalue weighted by atomic mass is 16.5. The van der Waals surface area contributed by atoms with E-state index in [1.54, 1.807) is 19.9 Å². The Balaban J connectivity index is 2.77. The standard InChI is InChI=1S/C15H15NO5/c1-4-21-15(19)13-7-12(10(3)17)9(2)16(14(13)18)11-5-6-20-8-11/h5-8H,4H2,1-3H3. The van der Waals surface area contributed by atoms with Gasteiger partial charge in [0.2, 0.25) is 0 Å². The van der Waals surface area contributed by atoms with E-state index in [0.29, 0.717) is 16.9 Å². The van der Waals surface area contributed by atoms with Crippen molar-refractivity contribution in [3.8, 4) is 5.69 Å². The van der Waals surface area contributed by atoms with Crippen molar-refractivity contribution < 1.29 is 18.7 Å². The quantitative estimate of drug-likeness (QED) is 0.636. The molecule has 0 radical (unpaired) electrons. The number of hydrogen-bond donors (Lipinski definition) is 0. The first-order chi connectivity index (χ1) is 9.97. The van der Waals surface area contributed by atoms with Crippen molar-refractivity contribution >= 4 is 11.8 Å². The Morgan fingerprint density at radius 2 is 2.05 bits per heavy atom. The Hall–Kier alpha value is -2.63. The van der Waals surface area contributed by atoms with Crippen molar-refractivity contribution in [2.24, 2.45) is 0 Å². The highest BCUT2D eigenvalue weighted by Gasteiger charge is 2.21. The molecule has 0 amide bonds. The van der Waals surface area contributed by atoms with Crippen LogP contribution in [0.1, 0.15) is 40.3 Å². The van der Waals surface area contributed by atoms with E-state index in [1.807, 2.05) is 0 Å². The first-order valence-corrected chi connectivity index (χ1v) is 6.44. The maximum atomic E-state index is 12.5. The van der Waals surface area contributed by atoms with E-state index in [4.69, 9.17) is 9.15 Å². The zero-order chi connectivity index (χ0) is 15.6. The van der Waals surface area contributed by atoms with Gasteiger partial charge in [-0.1, -0.05) is 0 Å². The molecular weight excluding hydrogens is 274 g/mol. The summed E-state index contributed by atoms with van der Waals surface area (Å²) in [5, 5.41) is 0. The maximum absolute atomic E-state index is 12.5. The van der Waals surface area contributed by atoms with Crippen LogP contribution in [-0.4, -0.2) is 22.9 Å². The second kappa shape index (κ2) is 5.78. The fourth-order valence-electron chi connectivity index (χ4n) is 2.11. The predicted molar refractivity (Wildman–Crippen MR) is 75.0 cm³/mol. The third-order valence-electron chi connectivity index (χ3n) is 3.09. The molecule has 0 N–H and O–H groups in total. The van der Waals surface area contributed by atoms with E-state index in [1.165, 1.54) is 30.1 Å². The van der Waals surface area contributed by atoms with Crippen LogP contribution in [0.2, 0.25) is 0 Å². The molecule has 6 nitrogen and oxygen atoms in total. The van der Waals surface area contributed by atoms with E-state index >= 15 is 0 Å². The molecule has 0 aliphatic heterocycles. The minimum Gasteiger partial charge on any atom is -0.470 e. The number of carbonyl (C=O) groups excluding carboxylic acids is 2. The molecule has 0 unspecified atom stereocenters. The van der Waals surface area contributed by atoms with Gasteiger partial charge in [-0.15, -0.1) is 0 Å². The van der Waals surface area contributed by atoms with Crippen molar-refractivity contribution in [1.29, 1.82) is 0 Å². The van der Waals surface area contributed by atoms with Crippen LogP contribution in [0.3, 0.4) is 0 Å². The zero-order valence-electron chi connectivity index (χ0n) is 12.0. The fourth-order valence-corrected chi connectivity index (χ4v) is 2.11. The Bertz CT molecular complexity index is 740. The number of furan rings is 1. The number of rotatable bonds is 4. The van der Waals surface area contributed by atoms with Gasteiger partial charge in [-0.3, -0.25) is 14.2 Å². The van der Waals surface area contributed by atoms with Crippen molar-refractivity contribution in [2.45, 2.75) is 20.8 Å². The highest BCUT2D eigenvalue weighted by Crippen LogP contribution is 2.15. The number of Topliss-reactive ketones (excluding diaryl/α,β-unsaturated/α-hetero) is 1. The van der Waals surface area contributed by atoms with Crippen molar-refractivity contribution in [1.82, 2.24) is 4.57 Å². The number of hydrogen-bond acceptors (Lipinski definition) is 5. The maximum Gasteiger partial charge on any atom is 0.343 e. The molecule has 0 aromatic carbocycles. The molecule has 0 bridgehead atoms. The monoisotopic (exact) mass is 289 g/mol. The largest absolute Gasteiger partial charge is 0.470 e. The Labute approximate surface area is 121 Å². The lowest BCUT2D eigenvalue weighted by Crippen LogP contribution is -2.29. The fraction of sp³-hybridized carbons (Fsp3) is 0.267. The van der Waals surface area contributed by atoms with Gasteiger partial charge >= 0.3 is 5.97 Å². The van der Waals surface area contributed by atoms with E-state index in [9.17, 15) is 14.4 Å². The Morgan fingerprint density at radius 1 is 1.33 bits per heavy atom. The molecule has 0 atom stereocenters. The van der Waals surface area contributed by atoms with E-state index in [2.05, 4.69) is 0 Å². The normalized spacial score (nSPS) is 10.4.